The Hall–Kier alpha value is -1.01. The predicted molar refractivity (Wildman–Crippen MR) is 130 cm³/mol. The lowest BCUT2D eigenvalue weighted by atomic mass is 10.1. The van der Waals surface area contributed by atoms with Crippen LogP contribution in [-0.2, 0) is 32.6 Å². The van der Waals surface area contributed by atoms with Gasteiger partial charge >= 0.3 is 13.3 Å². The van der Waals surface area contributed by atoms with Crippen LogP contribution in [0.15, 0.2) is 11.8 Å². The third-order valence-electron chi connectivity index (χ3n) is 6.48. The highest BCUT2D eigenvalue weighted by atomic mass is 31.2. The summed E-state index contributed by atoms with van der Waals surface area (Å²) in [6.07, 6.45) is -4.66. The number of rotatable bonds is 11. The Bertz CT molecular complexity index is 861. The summed E-state index contributed by atoms with van der Waals surface area (Å²) in [5, 5.41) is -0.306. The standard InChI is InChI=1S/C22H40F2NO8PSi/c1-11-31-34(28,29)22(23,24)12-17-18(33-35(9,10)21(5,6)7)19(30-8)20(32-17)25(16(4)27)13-14(2)15(3)26/h13,17-20H,11-12H2,1-10H3,(H,28,29)/b14-13-/t17-,18-,19-,20-/m1/s1. The van der Waals surface area contributed by atoms with E-state index in [1.165, 1.54) is 41.0 Å². The molecule has 9 nitrogen and oxygen atoms in total. The molecule has 0 aromatic heterocycles. The van der Waals surface area contributed by atoms with Gasteiger partial charge in [-0.15, -0.1) is 0 Å². The van der Waals surface area contributed by atoms with Crippen LogP contribution >= 0.6 is 7.60 Å². The van der Waals surface area contributed by atoms with Crippen LogP contribution < -0.4 is 0 Å². The average Bonchev–Trinajstić information content (AvgIpc) is 2.99. The number of allylic oxidation sites excluding steroid dienone is 1. The molecule has 0 aromatic carbocycles. The third kappa shape index (κ3) is 7.50. The second-order valence-electron chi connectivity index (χ2n) is 10.2. The largest absolute Gasteiger partial charge is 0.408 e. The maximum Gasteiger partial charge on any atom is 0.397 e. The van der Waals surface area contributed by atoms with Gasteiger partial charge in [0.2, 0.25) is 5.91 Å². The molecule has 1 heterocycles. The van der Waals surface area contributed by atoms with Crippen molar-refractivity contribution in [3.63, 3.8) is 0 Å². The van der Waals surface area contributed by atoms with Crippen molar-refractivity contribution in [3.05, 3.63) is 11.8 Å². The van der Waals surface area contributed by atoms with Gasteiger partial charge in [-0.3, -0.25) is 19.1 Å². The van der Waals surface area contributed by atoms with E-state index in [4.69, 9.17) is 13.9 Å². The van der Waals surface area contributed by atoms with Gasteiger partial charge < -0.3 is 23.3 Å². The number of hydrogen-bond acceptors (Lipinski definition) is 7. The predicted octanol–water partition coefficient (Wildman–Crippen LogP) is 4.66. The van der Waals surface area contributed by atoms with Gasteiger partial charge in [0.25, 0.3) is 0 Å². The molecule has 1 saturated heterocycles. The maximum absolute atomic E-state index is 15.0. The first-order chi connectivity index (χ1) is 15.7. The fourth-order valence-electron chi connectivity index (χ4n) is 3.28. The Morgan fingerprint density at radius 1 is 1.17 bits per heavy atom. The zero-order valence-electron chi connectivity index (χ0n) is 22.3. The summed E-state index contributed by atoms with van der Waals surface area (Å²) < 4.78 is 64.6. The van der Waals surface area contributed by atoms with E-state index in [0.717, 1.165) is 4.90 Å². The van der Waals surface area contributed by atoms with Crippen molar-refractivity contribution in [2.24, 2.45) is 0 Å². The first kappa shape index (κ1) is 32.0. The van der Waals surface area contributed by atoms with Gasteiger partial charge in [0.1, 0.15) is 12.2 Å². The summed E-state index contributed by atoms with van der Waals surface area (Å²) in [7, 11) is -6.57. The molecule has 1 N–H and O–H groups in total. The molecular weight excluding hydrogens is 503 g/mol. The van der Waals surface area contributed by atoms with Crippen molar-refractivity contribution in [2.45, 2.75) is 103 Å². The highest BCUT2D eigenvalue weighted by molar-refractivity contribution is 7.54. The molecule has 1 rings (SSSR count). The molecule has 0 bridgehead atoms. The molecular formula is C22H40F2NO8PSi. The number of methoxy groups -OCH3 is 1. The quantitative estimate of drug-likeness (QED) is 0.228. The third-order valence-corrected chi connectivity index (χ3v) is 12.6. The minimum absolute atomic E-state index is 0.241. The van der Waals surface area contributed by atoms with Gasteiger partial charge in [0, 0.05) is 25.8 Å². The minimum atomic E-state index is -5.32. The smallest absolute Gasteiger partial charge is 0.397 e. The Labute approximate surface area is 207 Å². The van der Waals surface area contributed by atoms with E-state index in [0.29, 0.717) is 0 Å². The highest BCUT2D eigenvalue weighted by Gasteiger charge is 2.59. The van der Waals surface area contributed by atoms with Gasteiger partial charge in [0.15, 0.2) is 20.3 Å². The molecule has 1 fully saturated rings. The van der Waals surface area contributed by atoms with Crippen molar-refractivity contribution < 1.29 is 46.3 Å². The molecule has 204 valence electrons. The first-order valence-corrected chi connectivity index (χ1v) is 15.9. The van der Waals surface area contributed by atoms with E-state index >= 15 is 0 Å². The fourth-order valence-corrected chi connectivity index (χ4v) is 5.55. The van der Waals surface area contributed by atoms with Crippen molar-refractivity contribution in [1.82, 2.24) is 4.90 Å². The first-order valence-electron chi connectivity index (χ1n) is 11.4. The van der Waals surface area contributed by atoms with Crippen molar-refractivity contribution in [2.75, 3.05) is 13.7 Å². The number of Topliss-reactive ketones (excluding diaryl/α,β-unsaturated/α-hetero) is 1. The summed E-state index contributed by atoms with van der Waals surface area (Å²) in [4.78, 5) is 35.2. The molecule has 0 spiro atoms. The number of nitrogens with zero attached hydrogens (tertiary/aromatic N) is 1. The molecule has 13 heteroatoms. The van der Waals surface area contributed by atoms with Gasteiger partial charge in [-0.2, -0.15) is 8.78 Å². The highest BCUT2D eigenvalue weighted by Crippen LogP contribution is 2.60. The summed E-state index contributed by atoms with van der Waals surface area (Å²) >= 11 is 0. The summed E-state index contributed by atoms with van der Waals surface area (Å²) in [6, 6.07) is 0. The molecule has 35 heavy (non-hydrogen) atoms. The molecule has 1 unspecified atom stereocenters. The zero-order chi connectivity index (χ0) is 27.6. The number of carbonyl (C=O) groups excluding carboxylic acids is 2. The Kier molecular flexibility index (Phi) is 10.6. The van der Waals surface area contributed by atoms with Crippen LogP contribution in [0.3, 0.4) is 0 Å². The number of hydrogen-bond donors (Lipinski definition) is 1. The number of carbonyl (C=O) groups is 2. The molecule has 0 aliphatic carbocycles. The average molecular weight is 544 g/mol. The van der Waals surface area contributed by atoms with E-state index in [1.807, 2.05) is 33.9 Å². The van der Waals surface area contributed by atoms with Crippen LogP contribution in [0.2, 0.25) is 18.1 Å². The molecule has 1 amide bonds. The summed E-state index contributed by atoms with van der Waals surface area (Å²) in [5.41, 5.74) is -3.91. The summed E-state index contributed by atoms with van der Waals surface area (Å²) in [5.74, 6) is -0.809. The second-order valence-corrected chi connectivity index (χ2v) is 16.9. The normalized spacial score (nSPS) is 25.9. The van der Waals surface area contributed by atoms with E-state index in [2.05, 4.69) is 4.52 Å². The number of ether oxygens (including phenoxy) is 2. The van der Waals surface area contributed by atoms with Crippen LogP contribution in [0.1, 0.15) is 54.9 Å². The maximum atomic E-state index is 15.0. The topological polar surface area (TPSA) is 112 Å². The van der Waals surface area contributed by atoms with Gasteiger partial charge in [0.05, 0.1) is 19.1 Å². The lowest BCUT2D eigenvalue weighted by Crippen LogP contribution is -2.52. The molecule has 0 aromatic rings. The molecule has 0 saturated carbocycles. The number of alkyl halides is 2. The Morgan fingerprint density at radius 3 is 2.11 bits per heavy atom. The Morgan fingerprint density at radius 2 is 1.71 bits per heavy atom. The van der Waals surface area contributed by atoms with Gasteiger partial charge in [-0.1, -0.05) is 20.8 Å². The Balaban J connectivity index is 3.57. The van der Waals surface area contributed by atoms with Crippen LogP contribution in [0.4, 0.5) is 8.78 Å². The van der Waals surface area contributed by atoms with Crippen molar-refractivity contribution >= 4 is 27.6 Å². The van der Waals surface area contributed by atoms with Gasteiger partial charge in [-0.05, 0) is 38.9 Å². The van der Waals surface area contributed by atoms with Crippen LogP contribution in [0, 0.1) is 0 Å². The number of halogens is 2. The molecule has 1 aliphatic heterocycles. The van der Waals surface area contributed by atoms with Gasteiger partial charge in [-0.25, -0.2) is 0 Å². The SMILES string of the molecule is CCOP(=O)(O)C(F)(F)C[C@H]1O[C@@H](N(/C=C(/C)C(C)=O)C(C)=O)[C@H](OC)[C@@H]1O[Si](C)(C)C(C)(C)C. The molecule has 0 radical (unpaired) electrons. The fraction of sp³-hybridized carbons (Fsp3) is 0.818. The van der Waals surface area contributed by atoms with Crippen molar-refractivity contribution in [1.29, 1.82) is 0 Å². The lowest BCUT2D eigenvalue weighted by Gasteiger charge is -2.41. The second kappa shape index (κ2) is 11.6. The van der Waals surface area contributed by atoms with E-state index < -0.39 is 58.4 Å². The molecule has 1 aliphatic rings. The zero-order valence-corrected chi connectivity index (χ0v) is 24.2. The monoisotopic (exact) mass is 543 g/mol. The van der Waals surface area contributed by atoms with Crippen LogP contribution in [0.25, 0.3) is 0 Å². The summed E-state index contributed by atoms with van der Waals surface area (Å²) in [6.45, 7) is 14.8. The van der Waals surface area contributed by atoms with Crippen molar-refractivity contribution in [3.8, 4) is 0 Å². The van der Waals surface area contributed by atoms with Crippen LogP contribution in [-0.4, -0.2) is 73.7 Å². The number of ketones is 1. The minimum Gasteiger partial charge on any atom is -0.408 e. The van der Waals surface area contributed by atoms with Crippen LogP contribution in [0.5, 0.6) is 0 Å². The van der Waals surface area contributed by atoms with E-state index in [9.17, 15) is 27.8 Å². The van der Waals surface area contributed by atoms with E-state index in [1.54, 1.807) is 0 Å². The molecule has 5 atom stereocenters. The lowest BCUT2D eigenvalue weighted by molar-refractivity contribution is -0.145. The number of amides is 1. The van der Waals surface area contributed by atoms with E-state index in [-0.39, 0.29) is 23.0 Å².